The lowest BCUT2D eigenvalue weighted by Gasteiger charge is -2.10. The van der Waals surface area contributed by atoms with Gasteiger partial charge in [0.15, 0.2) is 5.78 Å². The van der Waals surface area contributed by atoms with Gasteiger partial charge in [-0.1, -0.05) is 27.5 Å². The zero-order chi connectivity index (χ0) is 13.8. The second-order valence-corrected chi connectivity index (χ2v) is 6.85. The highest BCUT2D eigenvalue weighted by Crippen LogP contribution is 2.27. The second kappa shape index (κ2) is 6.60. The predicted molar refractivity (Wildman–Crippen MR) is 85.2 cm³/mol. The molecule has 0 bridgehead atoms. The largest absolute Gasteiger partial charge is 0.293 e. The van der Waals surface area contributed by atoms with Gasteiger partial charge in [0, 0.05) is 20.0 Å². The molecule has 98 valence electrons. The number of ketones is 1. The summed E-state index contributed by atoms with van der Waals surface area (Å²) >= 11 is 10.8. The molecular formula is C15H12BrClOS. The van der Waals surface area contributed by atoms with Gasteiger partial charge >= 0.3 is 0 Å². The van der Waals surface area contributed by atoms with Crippen LogP contribution in [0.4, 0.5) is 0 Å². The SMILES string of the molecule is CC(Sc1ccc(Br)cc1)C(=O)c1ccc(Cl)cc1. The van der Waals surface area contributed by atoms with Gasteiger partial charge in [0.05, 0.1) is 5.25 Å². The third-order valence-corrected chi connectivity index (χ3v) is 4.52. The van der Waals surface area contributed by atoms with Gasteiger partial charge in [-0.2, -0.15) is 0 Å². The molecule has 19 heavy (non-hydrogen) atoms. The molecule has 2 aromatic rings. The fraction of sp³-hybridized carbons (Fsp3) is 0.133. The van der Waals surface area contributed by atoms with Crippen molar-refractivity contribution in [1.29, 1.82) is 0 Å². The molecule has 0 aliphatic carbocycles. The first-order chi connectivity index (χ1) is 9.06. The number of Topliss-reactive ketones (excluding diaryl/α,β-unsaturated/α-hetero) is 1. The average molecular weight is 356 g/mol. The molecule has 1 unspecified atom stereocenters. The van der Waals surface area contributed by atoms with E-state index in [9.17, 15) is 4.79 Å². The number of thioether (sulfide) groups is 1. The van der Waals surface area contributed by atoms with Crippen molar-refractivity contribution in [2.45, 2.75) is 17.1 Å². The van der Waals surface area contributed by atoms with Crippen molar-refractivity contribution in [1.82, 2.24) is 0 Å². The van der Waals surface area contributed by atoms with Gasteiger partial charge in [0.25, 0.3) is 0 Å². The number of benzene rings is 2. The van der Waals surface area contributed by atoms with E-state index < -0.39 is 0 Å². The van der Waals surface area contributed by atoms with E-state index in [4.69, 9.17) is 11.6 Å². The van der Waals surface area contributed by atoms with Gasteiger partial charge in [0.1, 0.15) is 0 Å². The fourth-order valence-corrected chi connectivity index (χ4v) is 2.95. The molecule has 0 heterocycles. The summed E-state index contributed by atoms with van der Waals surface area (Å²) in [6.45, 7) is 1.92. The topological polar surface area (TPSA) is 17.1 Å². The third-order valence-electron chi connectivity index (χ3n) is 2.62. The summed E-state index contributed by atoms with van der Waals surface area (Å²) in [6, 6.07) is 15.0. The maximum atomic E-state index is 12.3. The van der Waals surface area contributed by atoms with Crippen LogP contribution in [0.2, 0.25) is 5.02 Å². The lowest BCUT2D eigenvalue weighted by atomic mass is 10.1. The summed E-state index contributed by atoms with van der Waals surface area (Å²) < 4.78 is 1.04. The lowest BCUT2D eigenvalue weighted by Crippen LogP contribution is -2.13. The second-order valence-electron chi connectivity index (χ2n) is 4.09. The van der Waals surface area contributed by atoms with E-state index in [0.717, 1.165) is 9.37 Å². The Labute approximate surface area is 130 Å². The summed E-state index contributed by atoms with van der Waals surface area (Å²) in [5.41, 5.74) is 0.696. The van der Waals surface area contributed by atoms with Crippen LogP contribution in [0.25, 0.3) is 0 Å². The van der Waals surface area contributed by atoms with Crippen LogP contribution in [0, 0.1) is 0 Å². The third kappa shape index (κ3) is 4.10. The van der Waals surface area contributed by atoms with Crippen molar-refractivity contribution in [3.8, 4) is 0 Å². The first-order valence-electron chi connectivity index (χ1n) is 5.78. The van der Waals surface area contributed by atoms with E-state index >= 15 is 0 Å². The van der Waals surface area contributed by atoms with Gasteiger partial charge in [-0.15, -0.1) is 11.8 Å². The molecule has 0 aromatic heterocycles. The van der Waals surface area contributed by atoms with Gasteiger partial charge in [-0.25, -0.2) is 0 Å². The molecule has 2 aromatic carbocycles. The Kier molecular flexibility index (Phi) is 5.08. The van der Waals surface area contributed by atoms with Crippen molar-refractivity contribution >= 4 is 45.1 Å². The lowest BCUT2D eigenvalue weighted by molar-refractivity contribution is 0.0994. The minimum absolute atomic E-state index is 0.115. The molecule has 1 nitrogen and oxygen atoms in total. The maximum Gasteiger partial charge on any atom is 0.175 e. The minimum atomic E-state index is -0.123. The monoisotopic (exact) mass is 354 g/mol. The smallest absolute Gasteiger partial charge is 0.175 e. The highest BCUT2D eigenvalue weighted by atomic mass is 79.9. The van der Waals surface area contributed by atoms with E-state index in [2.05, 4.69) is 15.9 Å². The fourth-order valence-electron chi connectivity index (χ4n) is 1.62. The molecule has 0 fully saturated rings. The Balaban J connectivity index is 2.07. The molecule has 0 spiro atoms. The normalized spacial score (nSPS) is 12.2. The van der Waals surface area contributed by atoms with Crippen LogP contribution in [0.1, 0.15) is 17.3 Å². The van der Waals surface area contributed by atoms with Gasteiger partial charge in [-0.05, 0) is 55.5 Å². The summed E-state index contributed by atoms with van der Waals surface area (Å²) in [6.07, 6.45) is 0. The van der Waals surface area contributed by atoms with Crippen molar-refractivity contribution < 1.29 is 4.79 Å². The molecule has 4 heteroatoms. The number of halogens is 2. The van der Waals surface area contributed by atoms with Crippen molar-refractivity contribution in [3.63, 3.8) is 0 Å². The molecule has 1 atom stereocenters. The number of rotatable bonds is 4. The first-order valence-corrected chi connectivity index (χ1v) is 7.83. The minimum Gasteiger partial charge on any atom is -0.293 e. The molecule has 0 N–H and O–H groups in total. The van der Waals surface area contributed by atoms with E-state index in [1.54, 1.807) is 36.0 Å². The van der Waals surface area contributed by atoms with Crippen LogP contribution < -0.4 is 0 Å². The number of carbonyl (C=O) groups excluding carboxylic acids is 1. The van der Waals surface area contributed by atoms with Crippen LogP contribution in [0.15, 0.2) is 57.9 Å². The Bertz CT molecular complexity index is 566. The van der Waals surface area contributed by atoms with Crippen molar-refractivity contribution in [3.05, 3.63) is 63.6 Å². The van der Waals surface area contributed by atoms with E-state index in [1.165, 1.54) is 0 Å². The van der Waals surface area contributed by atoms with Crippen LogP contribution in [0.5, 0.6) is 0 Å². The van der Waals surface area contributed by atoms with Gasteiger partial charge < -0.3 is 0 Å². The number of hydrogen-bond donors (Lipinski definition) is 0. The summed E-state index contributed by atoms with van der Waals surface area (Å²) in [4.78, 5) is 13.3. The number of hydrogen-bond acceptors (Lipinski definition) is 2. The van der Waals surface area contributed by atoms with Crippen LogP contribution in [0.3, 0.4) is 0 Å². The van der Waals surface area contributed by atoms with Crippen molar-refractivity contribution in [2.75, 3.05) is 0 Å². The van der Waals surface area contributed by atoms with E-state index in [0.29, 0.717) is 10.6 Å². The Morgan fingerprint density at radius 2 is 1.68 bits per heavy atom. The zero-order valence-electron chi connectivity index (χ0n) is 10.3. The molecule has 0 amide bonds. The first kappa shape index (κ1) is 14.6. The molecule has 0 aliphatic rings. The predicted octanol–water partition coefficient (Wildman–Crippen LogP) is 5.47. The summed E-state index contributed by atoms with van der Waals surface area (Å²) in [7, 11) is 0. The summed E-state index contributed by atoms with van der Waals surface area (Å²) in [5, 5.41) is 0.520. The Hall–Kier alpha value is -0.770. The summed E-state index contributed by atoms with van der Waals surface area (Å²) in [5.74, 6) is 0.115. The molecule has 0 radical (unpaired) electrons. The van der Waals surface area contributed by atoms with Gasteiger partial charge in [-0.3, -0.25) is 4.79 Å². The zero-order valence-corrected chi connectivity index (χ0v) is 13.4. The maximum absolute atomic E-state index is 12.3. The quantitative estimate of drug-likeness (QED) is 0.534. The van der Waals surface area contributed by atoms with Crippen molar-refractivity contribution in [2.24, 2.45) is 0 Å². The van der Waals surface area contributed by atoms with Gasteiger partial charge in [0.2, 0.25) is 0 Å². The van der Waals surface area contributed by atoms with Crippen LogP contribution in [-0.4, -0.2) is 11.0 Å². The standard InChI is InChI=1S/C15H12BrClOS/c1-10(19-14-8-4-12(16)5-9-14)15(18)11-2-6-13(17)7-3-11/h2-10H,1H3. The van der Waals surface area contributed by atoms with E-state index in [-0.39, 0.29) is 11.0 Å². The molecule has 0 saturated heterocycles. The van der Waals surface area contributed by atoms with Crippen LogP contribution >= 0.6 is 39.3 Å². The Morgan fingerprint density at radius 3 is 2.26 bits per heavy atom. The molecule has 0 saturated carbocycles. The van der Waals surface area contributed by atoms with E-state index in [1.807, 2.05) is 31.2 Å². The average Bonchev–Trinajstić information content (AvgIpc) is 2.41. The highest BCUT2D eigenvalue weighted by molar-refractivity contribution is 9.10. The Morgan fingerprint density at radius 1 is 1.11 bits per heavy atom. The molecule has 0 aliphatic heterocycles. The number of carbonyl (C=O) groups is 1. The highest BCUT2D eigenvalue weighted by Gasteiger charge is 2.16. The van der Waals surface area contributed by atoms with Crippen LogP contribution in [-0.2, 0) is 0 Å². The molecular weight excluding hydrogens is 344 g/mol. The molecule has 2 rings (SSSR count).